The quantitative estimate of drug-likeness (QED) is 0.601. The largest absolute Gasteiger partial charge is 0.465 e. The van der Waals surface area contributed by atoms with Crippen LogP contribution in [0, 0.1) is 0 Å². The summed E-state index contributed by atoms with van der Waals surface area (Å²) in [6, 6.07) is 3.39. The summed E-state index contributed by atoms with van der Waals surface area (Å²) in [4.78, 5) is 22.6. The number of carbonyl (C=O) groups excluding carboxylic acids is 2. The Bertz CT molecular complexity index is 520. The van der Waals surface area contributed by atoms with E-state index in [-0.39, 0.29) is 18.5 Å². The molecule has 0 unspecified atom stereocenters. The molecule has 0 N–H and O–H groups in total. The van der Waals surface area contributed by atoms with E-state index in [2.05, 4.69) is 0 Å². The van der Waals surface area contributed by atoms with Crippen molar-refractivity contribution >= 4 is 25.2 Å². The molecule has 2 rings (SSSR count). The summed E-state index contributed by atoms with van der Waals surface area (Å²) in [5.74, 6) is -0.427. The first-order valence-electron chi connectivity index (χ1n) is 6.17. The Hall–Kier alpha value is -1.78. The van der Waals surface area contributed by atoms with Crippen molar-refractivity contribution < 1.29 is 19.1 Å². The van der Waals surface area contributed by atoms with Crippen LogP contribution in [-0.4, -0.2) is 26.9 Å². The third-order valence-corrected chi connectivity index (χ3v) is 3.20. The van der Waals surface area contributed by atoms with E-state index < -0.39 is 0 Å². The lowest BCUT2D eigenvalue weighted by molar-refractivity contribution is -0.142. The Balaban J connectivity index is 2.36. The van der Waals surface area contributed by atoms with Crippen molar-refractivity contribution in [1.82, 2.24) is 0 Å². The minimum absolute atomic E-state index is 0.127. The van der Waals surface area contributed by atoms with E-state index >= 15 is 0 Å². The molecule has 2 radical (unpaired) electrons. The average molecular weight is 258 g/mol. The van der Waals surface area contributed by atoms with E-state index in [4.69, 9.17) is 17.3 Å². The molecular formula is C14H15BO4. The molecule has 19 heavy (non-hydrogen) atoms. The molecule has 1 aromatic rings. The minimum Gasteiger partial charge on any atom is -0.465 e. The van der Waals surface area contributed by atoms with Gasteiger partial charge in [0.25, 0.3) is 0 Å². The van der Waals surface area contributed by atoms with Crippen molar-refractivity contribution in [1.29, 1.82) is 0 Å². The zero-order valence-corrected chi connectivity index (χ0v) is 11.1. The second kappa shape index (κ2) is 5.47. The maximum absolute atomic E-state index is 11.7. The van der Waals surface area contributed by atoms with E-state index in [0.29, 0.717) is 16.9 Å². The molecule has 0 spiro atoms. The number of carbonyl (C=O) groups is 2. The van der Waals surface area contributed by atoms with Crippen molar-refractivity contribution in [3.05, 3.63) is 28.8 Å². The fraction of sp³-hybridized carbons (Fsp3) is 0.429. The number of hydrogen-bond acceptors (Lipinski definition) is 4. The minimum atomic E-state index is -0.382. The predicted octanol–water partition coefficient (Wildman–Crippen LogP) is 1.21. The fourth-order valence-electron chi connectivity index (χ4n) is 2.09. The van der Waals surface area contributed by atoms with E-state index in [1.165, 1.54) is 14.0 Å². The van der Waals surface area contributed by atoms with Crippen molar-refractivity contribution in [3.63, 3.8) is 0 Å². The fourth-order valence-corrected chi connectivity index (χ4v) is 2.09. The third-order valence-electron chi connectivity index (χ3n) is 3.20. The lowest BCUT2D eigenvalue weighted by Gasteiger charge is -2.15. The standard InChI is InChI=1S/C14H15BO4/c1-8(16)19-7-10-5-6-11(14(17)18-2)12(13(10)15)9-3-4-9/h5-6,9H,3-4,7H2,1-2H3. The van der Waals surface area contributed by atoms with E-state index in [1.54, 1.807) is 12.1 Å². The molecule has 1 aliphatic carbocycles. The van der Waals surface area contributed by atoms with Crippen LogP contribution in [0.4, 0.5) is 0 Å². The number of hydrogen-bond donors (Lipinski definition) is 0. The molecule has 1 aliphatic rings. The third kappa shape index (κ3) is 2.97. The van der Waals surface area contributed by atoms with Crippen LogP contribution in [0.5, 0.6) is 0 Å². The topological polar surface area (TPSA) is 52.6 Å². The van der Waals surface area contributed by atoms with Crippen molar-refractivity contribution in [2.75, 3.05) is 7.11 Å². The molecule has 1 saturated carbocycles. The first-order chi connectivity index (χ1) is 9.04. The molecule has 0 atom stereocenters. The van der Waals surface area contributed by atoms with Crippen LogP contribution in [0.1, 0.15) is 47.2 Å². The molecular weight excluding hydrogens is 243 g/mol. The van der Waals surface area contributed by atoms with Gasteiger partial charge in [-0.05, 0) is 36.0 Å². The highest BCUT2D eigenvalue weighted by molar-refractivity contribution is 6.35. The van der Waals surface area contributed by atoms with Crippen molar-refractivity contribution in [2.24, 2.45) is 0 Å². The Morgan fingerprint density at radius 3 is 2.58 bits per heavy atom. The van der Waals surface area contributed by atoms with Crippen LogP contribution in [0.3, 0.4) is 0 Å². The lowest BCUT2D eigenvalue weighted by Crippen LogP contribution is -2.22. The number of methoxy groups -OCH3 is 1. The van der Waals surface area contributed by atoms with Gasteiger partial charge >= 0.3 is 11.9 Å². The Labute approximate surface area is 113 Å². The van der Waals surface area contributed by atoms with Crippen LogP contribution >= 0.6 is 0 Å². The number of esters is 2. The summed E-state index contributed by atoms with van der Waals surface area (Å²) in [7, 11) is 7.45. The highest BCUT2D eigenvalue weighted by Crippen LogP contribution is 2.41. The van der Waals surface area contributed by atoms with Crippen LogP contribution in [-0.2, 0) is 20.9 Å². The maximum atomic E-state index is 11.7. The Kier molecular flexibility index (Phi) is 3.93. The monoisotopic (exact) mass is 258 g/mol. The van der Waals surface area contributed by atoms with Gasteiger partial charge in [0.1, 0.15) is 14.5 Å². The second-order valence-corrected chi connectivity index (χ2v) is 4.65. The highest BCUT2D eigenvalue weighted by Gasteiger charge is 2.30. The van der Waals surface area contributed by atoms with Gasteiger partial charge < -0.3 is 9.47 Å². The molecule has 5 heteroatoms. The molecule has 1 fully saturated rings. The van der Waals surface area contributed by atoms with Gasteiger partial charge in [0.2, 0.25) is 0 Å². The molecule has 0 amide bonds. The molecule has 98 valence electrons. The molecule has 4 nitrogen and oxygen atoms in total. The van der Waals surface area contributed by atoms with Gasteiger partial charge in [0.05, 0.1) is 12.7 Å². The maximum Gasteiger partial charge on any atom is 0.338 e. The van der Waals surface area contributed by atoms with E-state index in [0.717, 1.165) is 24.0 Å². The first kappa shape index (κ1) is 13.7. The molecule has 0 aromatic heterocycles. The number of benzene rings is 1. The van der Waals surface area contributed by atoms with Crippen LogP contribution < -0.4 is 5.46 Å². The first-order valence-corrected chi connectivity index (χ1v) is 6.17. The highest BCUT2D eigenvalue weighted by atomic mass is 16.5. The molecule has 0 aliphatic heterocycles. The Morgan fingerprint density at radius 2 is 2.05 bits per heavy atom. The van der Waals surface area contributed by atoms with Gasteiger partial charge in [-0.15, -0.1) is 0 Å². The lowest BCUT2D eigenvalue weighted by atomic mass is 9.81. The molecule has 0 heterocycles. The molecule has 1 aromatic carbocycles. The predicted molar refractivity (Wildman–Crippen MR) is 70.6 cm³/mol. The van der Waals surface area contributed by atoms with Gasteiger partial charge in [-0.25, -0.2) is 4.79 Å². The van der Waals surface area contributed by atoms with Crippen molar-refractivity contribution in [2.45, 2.75) is 32.3 Å². The summed E-state index contributed by atoms with van der Waals surface area (Å²) in [6.45, 7) is 1.48. The zero-order valence-electron chi connectivity index (χ0n) is 11.1. The zero-order chi connectivity index (χ0) is 14.0. The summed E-state index contributed by atoms with van der Waals surface area (Å²) in [6.07, 6.45) is 2.04. The second-order valence-electron chi connectivity index (χ2n) is 4.65. The average Bonchev–Trinajstić information content (AvgIpc) is 3.20. The van der Waals surface area contributed by atoms with Crippen LogP contribution in [0.2, 0.25) is 0 Å². The number of ether oxygens (including phenoxy) is 2. The van der Waals surface area contributed by atoms with Gasteiger partial charge in [-0.1, -0.05) is 11.5 Å². The van der Waals surface area contributed by atoms with E-state index in [9.17, 15) is 9.59 Å². The van der Waals surface area contributed by atoms with Crippen LogP contribution in [0.25, 0.3) is 0 Å². The normalized spacial score (nSPS) is 14.0. The van der Waals surface area contributed by atoms with Crippen LogP contribution in [0.15, 0.2) is 12.1 Å². The van der Waals surface area contributed by atoms with Gasteiger partial charge in [0.15, 0.2) is 0 Å². The van der Waals surface area contributed by atoms with Gasteiger partial charge in [-0.3, -0.25) is 4.79 Å². The smallest absolute Gasteiger partial charge is 0.338 e. The molecule has 0 saturated heterocycles. The summed E-state index contributed by atoms with van der Waals surface area (Å²) < 4.78 is 9.72. The molecule has 0 bridgehead atoms. The van der Waals surface area contributed by atoms with E-state index in [1.807, 2.05) is 0 Å². The van der Waals surface area contributed by atoms with Gasteiger partial charge in [0, 0.05) is 6.92 Å². The summed E-state index contributed by atoms with van der Waals surface area (Å²) >= 11 is 0. The SMILES string of the molecule is [B]c1c(COC(C)=O)ccc(C(=O)OC)c1C1CC1. The Morgan fingerprint density at radius 1 is 1.37 bits per heavy atom. The summed E-state index contributed by atoms with van der Waals surface area (Å²) in [5, 5.41) is 0. The summed E-state index contributed by atoms with van der Waals surface area (Å²) in [5.41, 5.74) is 2.60. The number of rotatable bonds is 4. The van der Waals surface area contributed by atoms with Crippen molar-refractivity contribution in [3.8, 4) is 0 Å². The van der Waals surface area contributed by atoms with Gasteiger partial charge in [-0.2, -0.15) is 0 Å².